The SMILES string of the molecule is CN1C(=O)C(NC(=O)c2cn3c(-c4ccc(F)cc4F)csc3n2)COc2ccc(C#CC(C)(C)O)cc21. The number of anilines is 1. The maximum atomic E-state index is 14.3. The molecule has 38 heavy (non-hydrogen) atoms. The molecule has 11 heteroatoms. The van der Waals surface area contributed by atoms with Gasteiger partial charge in [0.15, 0.2) is 4.96 Å². The van der Waals surface area contributed by atoms with Gasteiger partial charge in [-0.15, -0.1) is 11.3 Å². The summed E-state index contributed by atoms with van der Waals surface area (Å²) in [6.45, 7) is 3.03. The Morgan fingerprint density at radius 1 is 1.26 bits per heavy atom. The molecule has 3 heterocycles. The van der Waals surface area contributed by atoms with Crippen LogP contribution in [0, 0.1) is 23.5 Å². The van der Waals surface area contributed by atoms with Crippen molar-refractivity contribution in [1.29, 1.82) is 0 Å². The molecule has 0 fully saturated rings. The molecule has 5 rings (SSSR count). The van der Waals surface area contributed by atoms with E-state index in [1.807, 2.05) is 0 Å². The number of nitrogens with zero attached hydrogens (tertiary/aromatic N) is 3. The Kier molecular flexibility index (Phi) is 6.38. The fourth-order valence-electron chi connectivity index (χ4n) is 3.92. The van der Waals surface area contributed by atoms with Gasteiger partial charge in [0.05, 0.1) is 11.4 Å². The van der Waals surface area contributed by atoms with Crippen LogP contribution in [0.3, 0.4) is 0 Å². The number of benzene rings is 2. The van der Waals surface area contributed by atoms with Gasteiger partial charge in [-0.25, -0.2) is 13.8 Å². The van der Waals surface area contributed by atoms with Crippen LogP contribution in [0.15, 0.2) is 48.0 Å². The molecule has 2 amide bonds. The molecule has 1 atom stereocenters. The lowest BCUT2D eigenvalue weighted by Crippen LogP contribution is -2.49. The molecule has 0 spiro atoms. The number of nitrogens with one attached hydrogen (secondary N) is 1. The Bertz CT molecular complexity index is 1640. The van der Waals surface area contributed by atoms with Gasteiger partial charge in [-0.3, -0.25) is 14.0 Å². The highest BCUT2D eigenvalue weighted by atomic mass is 32.1. The molecule has 1 aliphatic rings. The van der Waals surface area contributed by atoms with Gasteiger partial charge in [-0.05, 0) is 44.2 Å². The first kappa shape index (κ1) is 25.4. The first-order valence-corrected chi connectivity index (χ1v) is 12.4. The zero-order valence-electron chi connectivity index (χ0n) is 20.6. The third-order valence-electron chi connectivity index (χ3n) is 5.82. The average molecular weight is 537 g/mol. The van der Waals surface area contributed by atoms with Crippen molar-refractivity contribution in [1.82, 2.24) is 14.7 Å². The van der Waals surface area contributed by atoms with Gasteiger partial charge in [-0.2, -0.15) is 0 Å². The van der Waals surface area contributed by atoms with Gasteiger partial charge in [0.25, 0.3) is 11.8 Å². The summed E-state index contributed by atoms with van der Waals surface area (Å²) in [5.74, 6) is 3.61. The number of ether oxygens (including phenoxy) is 1. The first-order valence-electron chi connectivity index (χ1n) is 11.5. The number of rotatable bonds is 3. The predicted octanol–water partition coefficient (Wildman–Crippen LogP) is 3.62. The standard InChI is InChI=1S/C27H22F2N4O4S/c1-27(2,36)9-8-15-4-7-23-21(10-15)32(3)25(35)20(13-37-23)30-24(34)19-12-33-22(14-38-26(33)31-19)17-6-5-16(28)11-18(17)29/h4-7,10-12,14,20,36H,13H2,1-3H3,(H,30,34). The molecule has 2 aromatic heterocycles. The summed E-state index contributed by atoms with van der Waals surface area (Å²) < 4.78 is 35.0. The number of amides is 2. The second kappa shape index (κ2) is 9.55. The van der Waals surface area contributed by atoms with Crippen molar-refractivity contribution >= 4 is 33.8 Å². The van der Waals surface area contributed by atoms with E-state index in [2.05, 4.69) is 22.1 Å². The molecule has 194 valence electrons. The van der Waals surface area contributed by atoms with Crippen molar-refractivity contribution in [3.05, 3.63) is 70.9 Å². The molecule has 1 aliphatic heterocycles. The van der Waals surface area contributed by atoms with E-state index >= 15 is 0 Å². The van der Waals surface area contributed by atoms with Crippen LogP contribution in [0.25, 0.3) is 16.2 Å². The Labute approximate surface area is 220 Å². The summed E-state index contributed by atoms with van der Waals surface area (Å²) in [6, 6.07) is 7.34. The van der Waals surface area contributed by atoms with Crippen LogP contribution in [0.2, 0.25) is 0 Å². The largest absolute Gasteiger partial charge is 0.489 e. The van der Waals surface area contributed by atoms with Gasteiger partial charge in [0.2, 0.25) is 0 Å². The summed E-state index contributed by atoms with van der Waals surface area (Å²) in [6.07, 6.45) is 1.44. The van der Waals surface area contributed by atoms with Crippen LogP contribution in [-0.4, -0.2) is 51.6 Å². The number of carbonyl (C=O) groups excluding carboxylic acids is 2. The summed E-state index contributed by atoms with van der Waals surface area (Å²) in [4.78, 5) is 32.3. The van der Waals surface area contributed by atoms with Crippen molar-refractivity contribution < 1.29 is 28.2 Å². The zero-order chi connectivity index (χ0) is 27.2. The second-order valence-electron chi connectivity index (χ2n) is 9.25. The Hall–Kier alpha value is -4.27. The summed E-state index contributed by atoms with van der Waals surface area (Å²) in [5, 5.41) is 14.2. The zero-order valence-corrected chi connectivity index (χ0v) is 21.4. The normalized spacial score (nSPS) is 15.4. The third kappa shape index (κ3) is 4.96. The van der Waals surface area contributed by atoms with Crippen LogP contribution in [0.1, 0.15) is 29.9 Å². The van der Waals surface area contributed by atoms with Crippen molar-refractivity contribution in [2.24, 2.45) is 0 Å². The van der Waals surface area contributed by atoms with E-state index < -0.39 is 35.1 Å². The number of aromatic nitrogens is 2. The topological polar surface area (TPSA) is 96.2 Å². The lowest BCUT2D eigenvalue weighted by Gasteiger charge is -2.20. The molecule has 1 unspecified atom stereocenters. The summed E-state index contributed by atoms with van der Waals surface area (Å²) in [5.41, 5.74) is 0.505. The minimum absolute atomic E-state index is 0.0296. The van der Waals surface area contributed by atoms with E-state index in [1.165, 1.54) is 28.5 Å². The second-order valence-corrected chi connectivity index (χ2v) is 10.1. The van der Waals surface area contributed by atoms with E-state index in [9.17, 15) is 23.5 Å². The van der Waals surface area contributed by atoms with E-state index in [0.717, 1.165) is 12.1 Å². The Morgan fingerprint density at radius 3 is 2.79 bits per heavy atom. The summed E-state index contributed by atoms with van der Waals surface area (Å²) in [7, 11) is 1.57. The lowest BCUT2D eigenvalue weighted by atomic mass is 10.1. The van der Waals surface area contributed by atoms with Crippen molar-refractivity contribution in [2.75, 3.05) is 18.6 Å². The highest BCUT2D eigenvalue weighted by Crippen LogP contribution is 2.32. The maximum Gasteiger partial charge on any atom is 0.272 e. The van der Waals surface area contributed by atoms with E-state index in [0.29, 0.717) is 27.7 Å². The number of carbonyl (C=O) groups is 2. The lowest BCUT2D eigenvalue weighted by molar-refractivity contribution is -0.120. The van der Waals surface area contributed by atoms with Crippen LogP contribution in [0.5, 0.6) is 5.75 Å². The fourth-order valence-corrected chi connectivity index (χ4v) is 4.79. The number of hydrogen-bond acceptors (Lipinski definition) is 6. The molecular weight excluding hydrogens is 514 g/mol. The molecule has 0 aliphatic carbocycles. The van der Waals surface area contributed by atoms with Gasteiger partial charge in [0, 0.05) is 35.8 Å². The molecule has 2 N–H and O–H groups in total. The number of halogens is 2. The van der Waals surface area contributed by atoms with E-state index in [-0.39, 0.29) is 17.9 Å². The minimum atomic E-state index is -1.17. The van der Waals surface area contributed by atoms with Crippen LogP contribution >= 0.6 is 11.3 Å². The molecule has 8 nitrogen and oxygen atoms in total. The average Bonchev–Trinajstić information content (AvgIpc) is 3.43. The molecule has 0 saturated heterocycles. The highest BCUT2D eigenvalue weighted by Gasteiger charge is 2.31. The number of fused-ring (bicyclic) bond motifs is 2. The monoisotopic (exact) mass is 536 g/mol. The maximum absolute atomic E-state index is 14.3. The first-order chi connectivity index (χ1) is 18.0. The van der Waals surface area contributed by atoms with Gasteiger partial charge < -0.3 is 20.1 Å². The van der Waals surface area contributed by atoms with E-state index in [1.54, 1.807) is 48.9 Å². The molecule has 0 bridgehead atoms. The smallest absolute Gasteiger partial charge is 0.272 e. The van der Waals surface area contributed by atoms with Gasteiger partial charge >= 0.3 is 0 Å². The molecule has 4 aromatic rings. The number of hydrogen-bond donors (Lipinski definition) is 2. The predicted molar refractivity (Wildman–Crippen MR) is 138 cm³/mol. The molecule has 0 saturated carbocycles. The van der Waals surface area contributed by atoms with Crippen LogP contribution < -0.4 is 15.0 Å². The van der Waals surface area contributed by atoms with Crippen molar-refractivity contribution in [2.45, 2.75) is 25.5 Å². The number of aliphatic hydroxyl groups is 1. The number of thiazole rings is 1. The Balaban J connectivity index is 1.36. The third-order valence-corrected chi connectivity index (χ3v) is 6.66. The molecular formula is C27H22F2N4O4S. The molecule has 2 aromatic carbocycles. The number of imidazole rings is 1. The van der Waals surface area contributed by atoms with Crippen LogP contribution in [0.4, 0.5) is 14.5 Å². The minimum Gasteiger partial charge on any atom is -0.489 e. The quantitative estimate of drug-likeness (QED) is 0.390. The molecule has 0 radical (unpaired) electrons. The van der Waals surface area contributed by atoms with Crippen molar-refractivity contribution in [3.63, 3.8) is 0 Å². The Morgan fingerprint density at radius 2 is 2.05 bits per heavy atom. The van der Waals surface area contributed by atoms with Crippen molar-refractivity contribution in [3.8, 4) is 28.8 Å². The fraction of sp³-hybridized carbons (Fsp3) is 0.222. The van der Waals surface area contributed by atoms with Gasteiger partial charge in [-0.1, -0.05) is 11.8 Å². The van der Waals surface area contributed by atoms with E-state index in [4.69, 9.17) is 4.74 Å². The van der Waals surface area contributed by atoms with Gasteiger partial charge in [0.1, 0.15) is 41.3 Å². The van der Waals surface area contributed by atoms with Crippen LogP contribution in [-0.2, 0) is 4.79 Å². The highest BCUT2D eigenvalue weighted by molar-refractivity contribution is 7.15. The summed E-state index contributed by atoms with van der Waals surface area (Å²) >= 11 is 1.19. The number of likely N-dealkylation sites (N-methyl/N-ethyl adjacent to an activating group) is 1.